The molecular formula is C8H12N6. The quantitative estimate of drug-likeness (QED) is 0.319. The van der Waals surface area contributed by atoms with Gasteiger partial charge in [-0.05, 0) is 24.3 Å². The fourth-order valence-corrected chi connectivity index (χ4v) is 0.601. The number of rotatable bonds is 0. The molecule has 14 heavy (non-hydrogen) atoms. The minimum absolute atomic E-state index is 0.343. The van der Waals surface area contributed by atoms with Crippen LogP contribution in [0.3, 0.4) is 0 Å². The molecule has 0 amide bonds. The summed E-state index contributed by atoms with van der Waals surface area (Å²) in [6.07, 6.45) is 9.95. The molecule has 2 rings (SSSR count). The molecule has 0 bridgehead atoms. The Bertz CT molecular complexity index is 250. The molecule has 0 radical (unpaired) electrons. The number of hydrazine groups is 1. The lowest BCUT2D eigenvalue weighted by Crippen LogP contribution is -2.02. The highest BCUT2D eigenvalue weighted by molar-refractivity contribution is 6.05. The van der Waals surface area contributed by atoms with Crippen LogP contribution in [0.2, 0.25) is 0 Å². The van der Waals surface area contributed by atoms with Crippen molar-refractivity contribution in [3.05, 3.63) is 24.3 Å². The van der Waals surface area contributed by atoms with Crippen molar-refractivity contribution in [1.82, 2.24) is 0 Å². The second-order valence-corrected chi connectivity index (χ2v) is 2.05. The SMILES string of the molecule is N=C1C=CC=N1.N=C1C=CC=N1.NN. The maximum Gasteiger partial charge on any atom is 0.144 e. The minimum Gasteiger partial charge on any atom is -0.283 e. The van der Waals surface area contributed by atoms with Crippen LogP contribution in [0.25, 0.3) is 0 Å². The molecule has 6 nitrogen and oxygen atoms in total. The first kappa shape index (κ1) is 12.1. The van der Waals surface area contributed by atoms with Crippen molar-refractivity contribution >= 4 is 24.1 Å². The Morgan fingerprint density at radius 3 is 1.29 bits per heavy atom. The van der Waals surface area contributed by atoms with Gasteiger partial charge >= 0.3 is 0 Å². The van der Waals surface area contributed by atoms with Gasteiger partial charge in [0.25, 0.3) is 0 Å². The normalized spacial score (nSPS) is 15.0. The van der Waals surface area contributed by atoms with E-state index in [0.717, 1.165) is 0 Å². The molecule has 0 atom stereocenters. The molecule has 74 valence electrons. The molecule has 0 aliphatic carbocycles. The molecule has 6 N–H and O–H groups in total. The van der Waals surface area contributed by atoms with Crippen molar-refractivity contribution in [2.24, 2.45) is 21.7 Å². The lowest BCUT2D eigenvalue weighted by atomic mass is 10.6. The van der Waals surface area contributed by atoms with Gasteiger partial charge in [0.15, 0.2) is 0 Å². The van der Waals surface area contributed by atoms with E-state index in [-0.39, 0.29) is 0 Å². The molecule has 2 aliphatic rings. The van der Waals surface area contributed by atoms with Crippen LogP contribution in [0.1, 0.15) is 0 Å². The summed E-state index contributed by atoms with van der Waals surface area (Å²) in [4.78, 5) is 7.17. The maximum absolute atomic E-state index is 6.76. The Kier molecular flexibility index (Phi) is 6.66. The number of nitrogens with two attached hydrogens (primary N) is 2. The number of amidine groups is 2. The predicted octanol–water partition coefficient (Wildman–Crippen LogP) is 0.0273. The van der Waals surface area contributed by atoms with Gasteiger partial charge in [0.2, 0.25) is 0 Å². The molecule has 0 aromatic heterocycles. The third-order valence-electron chi connectivity index (χ3n) is 1.11. The molecule has 0 aromatic carbocycles. The summed E-state index contributed by atoms with van der Waals surface area (Å²) >= 11 is 0. The van der Waals surface area contributed by atoms with E-state index in [1.165, 1.54) is 0 Å². The smallest absolute Gasteiger partial charge is 0.144 e. The Hall–Kier alpha value is -1.92. The van der Waals surface area contributed by atoms with Gasteiger partial charge in [-0.1, -0.05) is 0 Å². The van der Waals surface area contributed by atoms with Crippen LogP contribution in [-0.2, 0) is 0 Å². The van der Waals surface area contributed by atoms with E-state index in [0.29, 0.717) is 11.7 Å². The first-order valence-corrected chi connectivity index (χ1v) is 3.71. The van der Waals surface area contributed by atoms with Gasteiger partial charge in [-0.2, -0.15) is 0 Å². The maximum atomic E-state index is 6.76. The number of allylic oxidation sites excluding steroid dienone is 2. The van der Waals surface area contributed by atoms with Crippen molar-refractivity contribution in [2.45, 2.75) is 0 Å². The highest BCUT2D eigenvalue weighted by Crippen LogP contribution is 1.84. The van der Waals surface area contributed by atoms with Crippen LogP contribution in [0.15, 0.2) is 34.3 Å². The van der Waals surface area contributed by atoms with E-state index in [4.69, 9.17) is 10.8 Å². The summed E-state index contributed by atoms with van der Waals surface area (Å²) in [6, 6.07) is 0. The Balaban J connectivity index is 0.000000206. The second kappa shape index (κ2) is 7.71. The first-order valence-electron chi connectivity index (χ1n) is 3.71. The van der Waals surface area contributed by atoms with E-state index in [9.17, 15) is 0 Å². The van der Waals surface area contributed by atoms with Crippen LogP contribution >= 0.6 is 0 Å². The van der Waals surface area contributed by atoms with Gasteiger partial charge in [-0.25, -0.2) is 9.98 Å². The van der Waals surface area contributed by atoms with Crippen molar-refractivity contribution in [1.29, 1.82) is 10.8 Å². The zero-order valence-corrected chi connectivity index (χ0v) is 7.51. The minimum atomic E-state index is 0.343. The Morgan fingerprint density at radius 2 is 1.21 bits per heavy atom. The standard InChI is InChI=1S/2C4H4N2.H4N2/c2*5-4-2-1-3-6-4;1-2/h2*1-3,5H;1-2H2. The lowest BCUT2D eigenvalue weighted by molar-refractivity contribution is 1.26. The summed E-state index contributed by atoms with van der Waals surface area (Å²) < 4.78 is 0. The predicted molar refractivity (Wildman–Crippen MR) is 59.1 cm³/mol. The van der Waals surface area contributed by atoms with Crippen LogP contribution in [0, 0.1) is 10.8 Å². The molecule has 0 saturated heterocycles. The topological polar surface area (TPSA) is 124 Å². The number of hydrogen-bond donors (Lipinski definition) is 4. The fourth-order valence-electron chi connectivity index (χ4n) is 0.601. The Labute approximate surface area is 81.7 Å². The molecular weight excluding hydrogens is 180 g/mol. The Morgan fingerprint density at radius 1 is 0.857 bits per heavy atom. The van der Waals surface area contributed by atoms with Gasteiger partial charge in [0, 0.05) is 12.4 Å². The van der Waals surface area contributed by atoms with Crippen molar-refractivity contribution < 1.29 is 0 Å². The average Bonchev–Trinajstić information content (AvgIpc) is 2.83. The molecule has 2 aliphatic heterocycles. The fraction of sp³-hybridized carbons (Fsp3) is 0. The van der Waals surface area contributed by atoms with E-state index in [2.05, 4.69) is 21.7 Å². The summed E-state index contributed by atoms with van der Waals surface area (Å²) in [5.74, 6) is 8.69. The van der Waals surface area contributed by atoms with Gasteiger partial charge in [-0.15, -0.1) is 0 Å². The molecule has 0 saturated carbocycles. The zero-order valence-electron chi connectivity index (χ0n) is 7.51. The summed E-state index contributed by atoms with van der Waals surface area (Å²) in [6.45, 7) is 0. The molecule has 0 unspecified atom stereocenters. The summed E-state index contributed by atoms with van der Waals surface area (Å²) in [5.41, 5.74) is 0. The molecule has 0 aromatic rings. The van der Waals surface area contributed by atoms with Gasteiger partial charge in [0.1, 0.15) is 11.7 Å². The number of nitrogens with one attached hydrogen (secondary N) is 2. The van der Waals surface area contributed by atoms with E-state index >= 15 is 0 Å². The third kappa shape index (κ3) is 5.70. The van der Waals surface area contributed by atoms with E-state index in [1.807, 2.05) is 0 Å². The van der Waals surface area contributed by atoms with Crippen LogP contribution < -0.4 is 11.7 Å². The lowest BCUT2D eigenvalue weighted by Gasteiger charge is -1.68. The van der Waals surface area contributed by atoms with Gasteiger partial charge in [0.05, 0.1) is 0 Å². The highest BCUT2D eigenvalue weighted by Gasteiger charge is 1.85. The van der Waals surface area contributed by atoms with Crippen LogP contribution in [-0.4, -0.2) is 24.1 Å². The molecule has 0 spiro atoms. The first-order chi connectivity index (χ1) is 6.79. The number of nitrogens with zero attached hydrogens (tertiary/aromatic N) is 2. The van der Waals surface area contributed by atoms with Gasteiger partial charge in [-0.3, -0.25) is 22.5 Å². The second-order valence-electron chi connectivity index (χ2n) is 2.05. The number of hydrogen-bond acceptors (Lipinski definition) is 4. The van der Waals surface area contributed by atoms with E-state index in [1.54, 1.807) is 36.7 Å². The van der Waals surface area contributed by atoms with Gasteiger partial charge < -0.3 is 0 Å². The van der Waals surface area contributed by atoms with Crippen molar-refractivity contribution in [2.75, 3.05) is 0 Å². The molecule has 2 heterocycles. The largest absolute Gasteiger partial charge is 0.283 e. The van der Waals surface area contributed by atoms with Crippen LogP contribution in [0.4, 0.5) is 0 Å². The third-order valence-corrected chi connectivity index (χ3v) is 1.11. The van der Waals surface area contributed by atoms with Crippen molar-refractivity contribution in [3.63, 3.8) is 0 Å². The van der Waals surface area contributed by atoms with E-state index < -0.39 is 0 Å². The number of aliphatic imine (C=N–C) groups is 2. The average molecular weight is 192 g/mol. The van der Waals surface area contributed by atoms with Crippen LogP contribution in [0.5, 0.6) is 0 Å². The molecule has 6 heteroatoms. The molecule has 0 fully saturated rings. The summed E-state index contributed by atoms with van der Waals surface area (Å²) in [5, 5.41) is 13.5. The van der Waals surface area contributed by atoms with Crippen molar-refractivity contribution in [3.8, 4) is 0 Å². The monoisotopic (exact) mass is 192 g/mol. The summed E-state index contributed by atoms with van der Waals surface area (Å²) in [7, 11) is 0. The zero-order chi connectivity index (χ0) is 10.8. The highest BCUT2D eigenvalue weighted by atomic mass is 15.0.